The molecule has 0 spiro atoms. The molecule has 2 aromatic rings. The van der Waals surface area contributed by atoms with Gasteiger partial charge in [-0.15, -0.1) is 5.10 Å². The van der Waals surface area contributed by atoms with E-state index in [2.05, 4.69) is 17.2 Å². The minimum absolute atomic E-state index is 0.0106. The van der Waals surface area contributed by atoms with E-state index in [1.165, 1.54) is 23.9 Å². The minimum atomic E-state index is -0.249. The molecule has 1 aromatic carbocycles. The molecule has 2 heterocycles. The topological polar surface area (TPSA) is 68.1 Å². The Morgan fingerprint density at radius 1 is 1.25 bits per heavy atom. The Labute approximate surface area is 140 Å². The van der Waals surface area contributed by atoms with Crippen molar-refractivity contribution in [3.63, 3.8) is 0 Å². The third kappa shape index (κ3) is 2.50. The van der Waals surface area contributed by atoms with Crippen molar-refractivity contribution in [3.05, 3.63) is 34.6 Å². The molecule has 1 saturated heterocycles. The van der Waals surface area contributed by atoms with Crippen molar-refractivity contribution in [1.82, 2.24) is 19.9 Å². The second-order valence-electron chi connectivity index (χ2n) is 7.07. The zero-order chi connectivity index (χ0) is 16.7. The maximum Gasteiger partial charge on any atom is 0.278 e. The number of rotatable bonds is 2. The molecule has 6 heteroatoms. The standard InChI is InChI=1S/C18H22N4O2/c1-12-10-13-6-2-5-9-16(13)22(12)17(23)11-21-18(24)14-7-3-4-8-15(14)19-20-21/h3-4,7-8,12-13,16H,2,5-6,9-11H2,1H3/t12-,13+,16+/m1/s1. The zero-order valence-corrected chi connectivity index (χ0v) is 13.9. The summed E-state index contributed by atoms with van der Waals surface area (Å²) in [5, 5.41) is 8.52. The molecule has 1 aliphatic heterocycles. The van der Waals surface area contributed by atoms with Crippen molar-refractivity contribution < 1.29 is 4.79 Å². The molecule has 3 atom stereocenters. The molecule has 6 nitrogen and oxygen atoms in total. The van der Waals surface area contributed by atoms with Gasteiger partial charge in [0, 0.05) is 12.1 Å². The number of carbonyl (C=O) groups is 1. The number of amides is 1. The van der Waals surface area contributed by atoms with Crippen molar-refractivity contribution in [1.29, 1.82) is 0 Å². The summed E-state index contributed by atoms with van der Waals surface area (Å²) in [6.07, 6.45) is 5.83. The van der Waals surface area contributed by atoms with Crippen molar-refractivity contribution in [2.45, 2.75) is 57.7 Å². The molecule has 0 radical (unpaired) electrons. The van der Waals surface area contributed by atoms with Gasteiger partial charge in [0.05, 0.1) is 5.39 Å². The Morgan fingerprint density at radius 2 is 2.04 bits per heavy atom. The first-order valence-corrected chi connectivity index (χ1v) is 8.79. The number of hydrogen-bond acceptors (Lipinski definition) is 4. The summed E-state index contributed by atoms with van der Waals surface area (Å²) in [5.41, 5.74) is 0.314. The number of nitrogens with zero attached hydrogens (tertiary/aromatic N) is 4. The smallest absolute Gasteiger partial charge is 0.278 e. The molecule has 4 rings (SSSR count). The number of carbonyl (C=O) groups excluding carboxylic acids is 1. The highest BCUT2D eigenvalue weighted by Gasteiger charge is 2.42. The lowest BCUT2D eigenvalue weighted by atomic mass is 9.85. The molecule has 24 heavy (non-hydrogen) atoms. The van der Waals surface area contributed by atoms with E-state index in [9.17, 15) is 9.59 Å². The van der Waals surface area contributed by atoms with Crippen LogP contribution in [0.3, 0.4) is 0 Å². The van der Waals surface area contributed by atoms with Crippen LogP contribution in [0.2, 0.25) is 0 Å². The highest BCUT2D eigenvalue weighted by Crippen LogP contribution is 2.39. The van der Waals surface area contributed by atoms with E-state index in [0.717, 1.165) is 12.8 Å². The van der Waals surface area contributed by atoms with Crippen LogP contribution < -0.4 is 5.56 Å². The van der Waals surface area contributed by atoms with Gasteiger partial charge in [0.1, 0.15) is 12.1 Å². The second kappa shape index (κ2) is 6.00. The van der Waals surface area contributed by atoms with Gasteiger partial charge < -0.3 is 4.90 Å². The van der Waals surface area contributed by atoms with E-state index in [0.29, 0.717) is 22.9 Å². The molecule has 1 aliphatic carbocycles. The monoisotopic (exact) mass is 326 g/mol. The molecule has 0 bridgehead atoms. The Kier molecular flexibility index (Phi) is 3.82. The average molecular weight is 326 g/mol. The Bertz CT molecular complexity index is 831. The van der Waals surface area contributed by atoms with E-state index >= 15 is 0 Å². The van der Waals surface area contributed by atoms with E-state index in [1.807, 2.05) is 11.0 Å². The number of hydrogen-bond donors (Lipinski definition) is 0. The number of likely N-dealkylation sites (tertiary alicyclic amines) is 1. The molecule has 1 aromatic heterocycles. The van der Waals surface area contributed by atoms with Crippen molar-refractivity contribution in [3.8, 4) is 0 Å². The zero-order valence-electron chi connectivity index (χ0n) is 13.9. The van der Waals surface area contributed by atoms with E-state index in [1.54, 1.807) is 18.2 Å². The molecular weight excluding hydrogens is 304 g/mol. The summed E-state index contributed by atoms with van der Waals surface area (Å²) < 4.78 is 1.20. The quantitative estimate of drug-likeness (QED) is 0.846. The molecule has 2 aliphatic rings. The van der Waals surface area contributed by atoms with Gasteiger partial charge in [0.15, 0.2) is 0 Å². The van der Waals surface area contributed by atoms with Gasteiger partial charge in [-0.25, -0.2) is 4.68 Å². The van der Waals surface area contributed by atoms with Crippen LogP contribution in [0.1, 0.15) is 39.0 Å². The van der Waals surface area contributed by atoms with Crippen molar-refractivity contribution >= 4 is 16.8 Å². The van der Waals surface area contributed by atoms with E-state index < -0.39 is 0 Å². The van der Waals surface area contributed by atoms with Gasteiger partial charge in [0.2, 0.25) is 5.91 Å². The third-order valence-corrected chi connectivity index (χ3v) is 5.55. The SMILES string of the molecule is C[C@@H]1C[C@@H]2CCCC[C@@H]2N1C(=O)Cn1nnc2ccccc2c1=O. The predicted molar refractivity (Wildman–Crippen MR) is 90.5 cm³/mol. The molecule has 2 fully saturated rings. The summed E-state index contributed by atoms with van der Waals surface area (Å²) in [7, 11) is 0. The van der Waals surface area contributed by atoms with Gasteiger partial charge >= 0.3 is 0 Å². The summed E-state index contributed by atoms with van der Waals surface area (Å²) >= 11 is 0. The van der Waals surface area contributed by atoms with Gasteiger partial charge in [-0.3, -0.25) is 9.59 Å². The summed E-state index contributed by atoms with van der Waals surface area (Å²) in [5.74, 6) is 0.612. The first-order valence-electron chi connectivity index (χ1n) is 8.79. The third-order valence-electron chi connectivity index (χ3n) is 5.55. The lowest BCUT2D eigenvalue weighted by Gasteiger charge is -2.33. The van der Waals surface area contributed by atoms with Crippen molar-refractivity contribution in [2.75, 3.05) is 0 Å². The van der Waals surface area contributed by atoms with E-state index in [-0.39, 0.29) is 24.1 Å². The van der Waals surface area contributed by atoms with Gasteiger partial charge in [-0.2, -0.15) is 0 Å². The predicted octanol–water partition coefficient (Wildman–Crippen LogP) is 1.97. The van der Waals surface area contributed by atoms with Crippen LogP contribution in [0.5, 0.6) is 0 Å². The van der Waals surface area contributed by atoms with Crippen LogP contribution in [-0.2, 0) is 11.3 Å². The fourth-order valence-electron chi connectivity index (χ4n) is 4.48. The number of fused-ring (bicyclic) bond motifs is 2. The first-order chi connectivity index (χ1) is 11.6. The van der Waals surface area contributed by atoms with Gasteiger partial charge in [-0.1, -0.05) is 30.2 Å². The molecular formula is C18H22N4O2. The normalized spacial score (nSPS) is 26.5. The average Bonchev–Trinajstić information content (AvgIpc) is 2.93. The van der Waals surface area contributed by atoms with Gasteiger partial charge in [-0.05, 0) is 44.2 Å². The van der Waals surface area contributed by atoms with Crippen LogP contribution in [0.25, 0.3) is 10.9 Å². The molecule has 1 amide bonds. The molecule has 0 N–H and O–H groups in total. The summed E-state index contributed by atoms with van der Waals surface area (Å²) in [6, 6.07) is 7.68. The first kappa shape index (κ1) is 15.3. The molecule has 126 valence electrons. The number of benzene rings is 1. The van der Waals surface area contributed by atoms with E-state index in [4.69, 9.17) is 0 Å². The fourth-order valence-corrected chi connectivity index (χ4v) is 4.48. The second-order valence-corrected chi connectivity index (χ2v) is 7.07. The van der Waals surface area contributed by atoms with Crippen LogP contribution in [-0.4, -0.2) is 37.9 Å². The van der Waals surface area contributed by atoms with Crippen LogP contribution in [0, 0.1) is 5.92 Å². The minimum Gasteiger partial charge on any atom is -0.335 e. The van der Waals surface area contributed by atoms with Crippen LogP contribution in [0.4, 0.5) is 0 Å². The number of aromatic nitrogens is 3. The maximum atomic E-state index is 12.9. The maximum absolute atomic E-state index is 12.9. The molecule has 1 saturated carbocycles. The highest BCUT2D eigenvalue weighted by molar-refractivity contribution is 5.79. The largest absolute Gasteiger partial charge is 0.335 e. The lowest BCUT2D eigenvalue weighted by molar-refractivity contribution is -0.135. The Balaban J connectivity index is 1.60. The summed E-state index contributed by atoms with van der Waals surface area (Å²) in [4.78, 5) is 27.4. The highest BCUT2D eigenvalue weighted by atomic mass is 16.2. The van der Waals surface area contributed by atoms with Crippen LogP contribution in [0.15, 0.2) is 29.1 Å². The Hall–Kier alpha value is -2.24. The van der Waals surface area contributed by atoms with Crippen molar-refractivity contribution in [2.24, 2.45) is 5.92 Å². The molecule has 0 unspecified atom stereocenters. The summed E-state index contributed by atoms with van der Waals surface area (Å²) in [6.45, 7) is 2.09. The van der Waals surface area contributed by atoms with Crippen LogP contribution >= 0.6 is 0 Å². The lowest BCUT2D eigenvalue weighted by Crippen LogP contribution is -2.45. The fraction of sp³-hybridized carbons (Fsp3) is 0.556. The Morgan fingerprint density at radius 3 is 2.92 bits per heavy atom. The van der Waals surface area contributed by atoms with Gasteiger partial charge in [0.25, 0.3) is 5.56 Å².